The fraction of sp³-hybridized carbons (Fsp3) is 0.353. The molecule has 3 aromatic heterocycles. The summed E-state index contributed by atoms with van der Waals surface area (Å²) in [7, 11) is 0. The molecular weight excluding hydrogens is 334 g/mol. The van der Waals surface area contributed by atoms with E-state index < -0.39 is 0 Å². The summed E-state index contributed by atoms with van der Waals surface area (Å²) in [5, 5.41) is 13.4. The third-order valence-electron chi connectivity index (χ3n) is 4.22. The lowest BCUT2D eigenvalue weighted by Crippen LogP contribution is -2.34. The van der Waals surface area contributed by atoms with Gasteiger partial charge in [-0.1, -0.05) is 11.3 Å². The third kappa shape index (κ3) is 3.23. The Labute approximate surface area is 149 Å². The van der Waals surface area contributed by atoms with Crippen LogP contribution in [-0.2, 0) is 0 Å². The number of fused-ring (bicyclic) bond motifs is 1. The molecule has 1 aliphatic rings. The van der Waals surface area contributed by atoms with Gasteiger partial charge in [-0.25, -0.2) is 19.9 Å². The van der Waals surface area contributed by atoms with Crippen molar-refractivity contribution in [3.05, 3.63) is 30.4 Å². The van der Waals surface area contributed by atoms with Gasteiger partial charge < -0.3 is 10.2 Å². The van der Waals surface area contributed by atoms with E-state index in [4.69, 9.17) is 4.98 Å². The summed E-state index contributed by atoms with van der Waals surface area (Å²) in [6.07, 6.45) is 5.28. The van der Waals surface area contributed by atoms with Crippen LogP contribution in [-0.4, -0.2) is 33.0 Å². The molecule has 1 aliphatic heterocycles. The Balaban J connectivity index is 1.66. The molecule has 0 bridgehead atoms. The minimum absolute atomic E-state index is 0.0838. The lowest BCUT2D eigenvalue weighted by Gasteiger charge is -2.28. The topological polar surface area (TPSA) is 90.6 Å². The van der Waals surface area contributed by atoms with E-state index in [1.54, 1.807) is 17.5 Å². The smallest absolute Gasteiger partial charge is 0.186 e. The number of pyridine rings is 1. The molecule has 0 aromatic carbocycles. The second-order valence-electron chi connectivity index (χ2n) is 6.09. The summed E-state index contributed by atoms with van der Waals surface area (Å²) in [4.78, 5) is 19.8. The average molecular weight is 351 g/mol. The zero-order valence-electron chi connectivity index (χ0n) is 13.8. The monoisotopic (exact) mass is 351 g/mol. The lowest BCUT2D eigenvalue weighted by atomic mass is 10.0. The van der Waals surface area contributed by atoms with Crippen molar-refractivity contribution in [2.45, 2.75) is 19.8 Å². The third-order valence-corrected chi connectivity index (χ3v) is 5.36. The van der Waals surface area contributed by atoms with E-state index in [1.165, 1.54) is 6.33 Å². The second-order valence-corrected chi connectivity index (χ2v) is 7.07. The summed E-state index contributed by atoms with van der Waals surface area (Å²) in [6.45, 7) is 3.62. The SMILES string of the molecule is Cc1cc(Nc2nccc3nc(N4CCCC(C#N)C4)sc23)ncn1. The van der Waals surface area contributed by atoms with Gasteiger partial charge in [0, 0.05) is 31.0 Å². The molecule has 1 unspecified atom stereocenters. The molecule has 0 saturated carbocycles. The summed E-state index contributed by atoms with van der Waals surface area (Å²) >= 11 is 1.60. The van der Waals surface area contributed by atoms with Gasteiger partial charge in [0.15, 0.2) is 10.9 Å². The molecular formula is C17H17N7S. The number of nitrogens with zero attached hydrogens (tertiary/aromatic N) is 6. The highest BCUT2D eigenvalue weighted by molar-refractivity contribution is 7.22. The van der Waals surface area contributed by atoms with Crippen LogP contribution in [0.2, 0.25) is 0 Å². The van der Waals surface area contributed by atoms with Gasteiger partial charge in [-0.05, 0) is 25.8 Å². The number of aromatic nitrogens is 4. The van der Waals surface area contributed by atoms with Crippen molar-refractivity contribution >= 4 is 38.3 Å². The molecule has 0 radical (unpaired) electrons. The zero-order valence-corrected chi connectivity index (χ0v) is 14.6. The Bertz CT molecular complexity index is 946. The molecule has 1 saturated heterocycles. The Hall–Kier alpha value is -2.79. The maximum Gasteiger partial charge on any atom is 0.186 e. The van der Waals surface area contributed by atoms with E-state index in [0.29, 0.717) is 5.82 Å². The predicted molar refractivity (Wildman–Crippen MR) is 98.0 cm³/mol. The molecule has 3 aromatic rings. The summed E-state index contributed by atoms with van der Waals surface area (Å²) in [5.41, 5.74) is 1.80. The van der Waals surface area contributed by atoms with Crippen LogP contribution in [0.25, 0.3) is 10.2 Å². The maximum absolute atomic E-state index is 9.20. The number of anilines is 3. The van der Waals surface area contributed by atoms with Crippen LogP contribution in [0, 0.1) is 24.2 Å². The van der Waals surface area contributed by atoms with Crippen LogP contribution in [0.5, 0.6) is 0 Å². The predicted octanol–water partition coefficient (Wildman–Crippen LogP) is 3.27. The molecule has 4 rings (SSSR count). The number of hydrogen-bond acceptors (Lipinski definition) is 8. The van der Waals surface area contributed by atoms with Crippen LogP contribution in [0.1, 0.15) is 18.5 Å². The quantitative estimate of drug-likeness (QED) is 0.774. The standard InChI is InChI=1S/C17H17N7S/c1-11-7-14(21-10-20-11)23-16-15-13(4-5-19-16)22-17(25-15)24-6-2-3-12(8-18)9-24/h4-5,7,10,12H,2-3,6,9H2,1H3,(H,19,20,21,23). The molecule has 25 heavy (non-hydrogen) atoms. The molecule has 4 heterocycles. The van der Waals surface area contributed by atoms with Gasteiger partial charge in [-0.3, -0.25) is 0 Å². The van der Waals surface area contributed by atoms with Crippen LogP contribution in [0.4, 0.5) is 16.8 Å². The minimum Gasteiger partial charge on any atom is -0.347 e. The fourth-order valence-electron chi connectivity index (χ4n) is 2.97. The number of hydrogen-bond donors (Lipinski definition) is 1. The molecule has 1 N–H and O–H groups in total. The Kier molecular flexibility index (Phi) is 4.15. The molecule has 0 aliphatic carbocycles. The number of nitrogens with one attached hydrogen (secondary N) is 1. The maximum atomic E-state index is 9.20. The lowest BCUT2D eigenvalue weighted by molar-refractivity contribution is 0.493. The first-order chi connectivity index (χ1) is 12.2. The van der Waals surface area contributed by atoms with Crippen molar-refractivity contribution in [3.63, 3.8) is 0 Å². The van der Waals surface area contributed by atoms with E-state index in [9.17, 15) is 5.26 Å². The van der Waals surface area contributed by atoms with Gasteiger partial charge in [0.1, 0.15) is 12.1 Å². The summed E-state index contributed by atoms with van der Waals surface area (Å²) < 4.78 is 0.993. The van der Waals surface area contributed by atoms with Gasteiger partial charge in [-0.2, -0.15) is 5.26 Å². The van der Waals surface area contributed by atoms with Gasteiger partial charge in [-0.15, -0.1) is 0 Å². The van der Waals surface area contributed by atoms with Crippen LogP contribution in [0.15, 0.2) is 24.7 Å². The van der Waals surface area contributed by atoms with E-state index >= 15 is 0 Å². The highest BCUT2D eigenvalue weighted by atomic mass is 32.1. The fourth-order valence-corrected chi connectivity index (χ4v) is 4.01. The Morgan fingerprint density at radius 3 is 3.12 bits per heavy atom. The van der Waals surface area contributed by atoms with Gasteiger partial charge in [0.2, 0.25) is 0 Å². The normalized spacial score (nSPS) is 17.4. The molecule has 7 nitrogen and oxygen atoms in total. The number of rotatable bonds is 3. The number of piperidine rings is 1. The minimum atomic E-state index is 0.0838. The van der Waals surface area contributed by atoms with Crippen LogP contribution < -0.4 is 10.2 Å². The first kappa shape index (κ1) is 15.7. The van der Waals surface area contributed by atoms with Crippen LogP contribution >= 0.6 is 11.3 Å². The molecule has 1 atom stereocenters. The second kappa shape index (κ2) is 6.61. The molecule has 126 valence electrons. The Morgan fingerprint density at radius 2 is 2.28 bits per heavy atom. The van der Waals surface area contributed by atoms with Gasteiger partial charge >= 0.3 is 0 Å². The first-order valence-corrected chi connectivity index (χ1v) is 9.00. The zero-order chi connectivity index (χ0) is 17.2. The van der Waals surface area contributed by atoms with E-state index in [1.807, 2.05) is 19.1 Å². The van der Waals surface area contributed by atoms with Gasteiger partial charge in [0.05, 0.1) is 22.2 Å². The molecule has 0 amide bonds. The number of nitriles is 1. The summed E-state index contributed by atoms with van der Waals surface area (Å²) in [5.74, 6) is 1.54. The Morgan fingerprint density at radius 1 is 1.36 bits per heavy atom. The number of aryl methyl sites for hydroxylation is 1. The highest BCUT2D eigenvalue weighted by Gasteiger charge is 2.22. The first-order valence-electron chi connectivity index (χ1n) is 8.19. The van der Waals surface area contributed by atoms with E-state index in [2.05, 4.69) is 31.2 Å². The highest BCUT2D eigenvalue weighted by Crippen LogP contribution is 2.35. The largest absolute Gasteiger partial charge is 0.347 e. The van der Waals surface area contributed by atoms with Crippen molar-refractivity contribution < 1.29 is 0 Å². The molecule has 0 spiro atoms. The van der Waals surface area contributed by atoms with Crippen molar-refractivity contribution in [2.24, 2.45) is 5.92 Å². The molecule has 1 fully saturated rings. The van der Waals surface area contributed by atoms with Crippen molar-refractivity contribution in [2.75, 3.05) is 23.3 Å². The molecule has 8 heteroatoms. The van der Waals surface area contributed by atoms with Crippen molar-refractivity contribution in [1.82, 2.24) is 19.9 Å². The number of thiazole rings is 1. The van der Waals surface area contributed by atoms with E-state index in [-0.39, 0.29) is 5.92 Å². The van der Waals surface area contributed by atoms with Crippen molar-refractivity contribution in [3.8, 4) is 6.07 Å². The van der Waals surface area contributed by atoms with Crippen molar-refractivity contribution in [1.29, 1.82) is 5.26 Å². The average Bonchev–Trinajstić information content (AvgIpc) is 3.07. The van der Waals surface area contributed by atoms with Crippen LogP contribution in [0.3, 0.4) is 0 Å². The van der Waals surface area contributed by atoms with Gasteiger partial charge in [0.25, 0.3) is 0 Å². The summed E-state index contributed by atoms with van der Waals surface area (Å²) in [6, 6.07) is 6.18. The van der Waals surface area contributed by atoms with E-state index in [0.717, 1.165) is 52.8 Å².